The fraction of sp³-hybridized carbons (Fsp3) is 0.571. The second kappa shape index (κ2) is 4.80. The van der Waals surface area contributed by atoms with E-state index in [1.54, 1.807) is 0 Å². The van der Waals surface area contributed by atoms with Gasteiger partial charge in [-0.3, -0.25) is 0 Å². The fourth-order valence-corrected chi connectivity index (χ4v) is 2.26. The van der Waals surface area contributed by atoms with Crippen molar-refractivity contribution >= 4 is 0 Å². The second-order valence-electron chi connectivity index (χ2n) is 4.57. The highest BCUT2D eigenvalue weighted by Crippen LogP contribution is 2.28. The molecule has 1 nitrogen and oxygen atoms in total. The van der Waals surface area contributed by atoms with Gasteiger partial charge in [-0.25, -0.2) is 0 Å². The highest BCUT2D eigenvalue weighted by Gasteiger charge is 2.14. The molecule has 0 aliphatic carbocycles. The smallest absolute Gasteiger partial charge is 0.0300 e. The summed E-state index contributed by atoms with van der Waals surface area (Å²) >= 11 is 0. The molecule has 15 heavy (non-hydrogen) atoms. The molecule has 1 aromatic carbocycles. The number of rotatable bonds is 3. The maximum atomic E-state index is 6.24. The Morgan fingerprint density at radius 3 is 1.93 bits per heavy atom. The molecular weight excluding hydrogens is 182 g/mol. The van der Waals surface area contributed by atoms with Crippen LogP contribution in [0, 0.1) is 27.7 Å². The number of hydrogen-bond donors (Lipinski definition) is 1. The van der Waals surface area contributed by atoms with Crippen molar-refractivity contribution in [2.45, 2.75) is 53.5 Å². The molecule has 0 aliphatic rings. The van der Waals surface area contributed by atoms with Crippen molar-refractivity contribution in [2.24, 2.45) is 5.73 Å². The molecule has 0 spiro atoms. The molecule has 0 fully saturated rings. The van der Waals surface area contributed by atoms with Gasteiger partial charge in [0.15, 0.2) is 0 Å². The molecule has 2 N–H and O–H groups in total. The van der Waals surface area contributed by atoms with Crippen LogP contribution in [0.1, 0.15) is 53.6 Å². The highest BCUT2D eigenvalue weighted by atomic mass is 14.6. The van der Waals surface area contributed by atoms with Crippen LogP contribution < -0.4 is 5.73 Å². The van der Waals surface area contributed by atoms with Crippen molar-refractivity contribution in [3.63, 3.8) is 0 Å². The molecule has 0 amide bonds. The van der Waals surface area contributed by atoms with Crippen LogP contribution in [0.3, 0.4) is 0 Å². The minimum absolute atomic E-state index is 0.202. The van der Waals surface area contributed by atoms with E-state index >= 15 is 0 Å². The van der Waals surface area contributed by atoms with E-state index in [1.807, 2.05) is 0 Å². The molecule has 1 rings (SSSR count). The Bertz CT molecular complexity index is 327. The van der Waals surface area contributed by atoms with Gasteiger partial charge in [-0.2, -0.15) is 0 Å². The Morgan fingerprint density at radius 1 is 1.07 bits per heavy atom. The largest absolute Gasteiger partial charge is 0.324 e. The van der Waals surface area contributed by atoms with E-state index < -0.39 is 0 Å². The summed E-state index contributed by atoms with van der Waals surface area (Å²) in [6, 6.07) is 2.46. The molecular formula is C14H23N. The summed E-state index contributed by atoms with van der Waals surface area (Å²) < 4.78 is 0. The third-order valence-electron chi connectivity index (χ3n) is 3.39. The van der Waals surface area contributed by atoms with Gasteiger partial charge >= 0.3 is 0 Å². The molecule has 1 heteroatoms. The van der Waals surface area contributed by atoms with Gasteiger partial charge in [0.2, 0.25) is 0 Å². The molecule has 1 unspecified atom stereocenters. The first kappa shape index (κ1) is 12.3. The Hall–Kier alpha value is -0.820. The zero-order chi connectivity index (χ0) is 11.6. The summed E-state index contributed by atoms with van der Waals surface area (Å²) in [5, 5.41) is 0. The molecule has 84 valence electrons. The summed E-state index contributed by atoms with van der Waals surface area (Å²) in [6.07, 6.45) is 2.22. The van der Waals surface area contributed by atoms with Crippen molar-refractivity contribution < 1.29 is 0 Å². The molecule has 0 bridgehead atoms. The topological polar surface area (TPSA) is 26.0 Å². The normalized spacial score (nSPS) is 12.9. The van der Waals surface area contributed by atoms with E-state index in [4.69, 9.17) is 5.73 Å². The molecule has 1 aromatic rings. The summed E-state index contributed by atoms with van der Waals surface area (Å²) in [4.78, 5) is 0. The van der Waals surface area contributed by atoms with Crippen molar-refractivity contribution in [2.75, 3.05) is 0 Å². The van der Waals surface area contributed by atoms with Gasteiger partial charge in [0.05, 0.1) is 0 Å². The van der Waals surface area contributed by atoms with Crippen molar-refractivity contribution in [3.8, 4) is 0 Å². The quantitative estimate of drug-likeness (QED) is 0.799. The maximum absolute atomic E-state index is 6.24. The van der Waals surface area contributed by atoms with Gasteiger partial charge in [-0.05, 0) is 61.9 Å². The molecule has 0 heterocycles. The van der Waals surface area contributed by atoms with Crippen LogP contribution in [-0.2, 0) is 0 Å². The summed E-state index contributed by atoms with van der Waals surface area (Å²) in [5.41, 5.74) is 13.1. The first-order valence-electron chi connectivity index (χ1n) is 5.81. The Kier molecular flexibility index (Phi) is 3.92. The molecule has 1 atom stereocenters. The zero-order valence-electron chi connectivity index (χ0n) is 10.6. The molecule has 0 radical (unpaired) electrons. The SMILES string of the molecule is CCCC(N)c1c(C)c(C)cc(C)c1C. The molecule has 0 saturated carbocycles. The second-order valence-corrected chi connectivity index (χ2v) is 4.57. The van der Waals surface area contributed by atoms with Crippen LogP contribution in [0.4, 0.5) is 0 Å². The van der Waals surface area contributed by atoms with E-state index in [-0.39, 0.29) is 6.04 Å². The highest BCUT2D eigenvalue weighted by molar-refractivity contribution is 5.45. The zero-order valence-corrected chi connectivity index (χ0v) is 10.6. The number of benzene rings is 1. The van der Waals surface area contributed by atoms with Gasteiger partial charge in [0.25, 0.3) is 0 Å². The number of hydrogen-bond acceptors (Lipinski definition) is 1. The number of nitrogens with two attached hydrogens (primary N) is 1. The number of aryl methyl sites for hydroxylation is 2. The van der Waals surface area contributed by atoms with Gasteiger partial charge in [0.1, 0.15) is 0 Å². The average molecular weight is 205 g/mol. The first-order chi connectivity index (χ1) is 6.99. The third-order valence-corrected chi connectivity index (χ3v) is 3.39. The van der Waals surface area contributed by atoms with Crippen molar-refractivity contribution in [1.82, 2.24) is 0 Å². The first-order valence-corrected chi connectivity index (χ1v) is 5.81. The van der Waals surface area contributed by atoms with Crippen LogP contribution in [-0.4, -0.2) is 0 Å². The van der Waals surface area contributed by atoms with Gasteiger partial charge in [-0.1, -0.05) is 19.4 Å². The van der Waals surface area contributed by atoms with Crippen LogP contribution in [0.2, 0.25) is 0 Å². The minimum Gasteiger partial charge on any atom is -0.324 e. The lowest BCUT2D eigenvalue weighted by atomic mass is 9.88. The summed E-state index contributed by atoms with van der Waals surface area (Å²) in [7, 11) is 0. The Balaban J connectivity index is 3.26. The molecule has 0 aromatic heterocycles. The van der Waals surface area contributed by atoms with Crippen LogP contribution in [0.25, 0.3) is 0 Å². The van der Waals surface area contributed by atoms with Crippen molar-refractivity contribution in [3.05, 3.63) is 33.9 Å². The third kappa shape index (κ3) is 2.40. The predicted molar refractivity (Wildman–Crippen MR) is 67.2 cm³/mol. The lowest BCUT2D eigenvalue weighted by Crippen LogP contribution is -2.14. The van der Waals surface area contributed by atoms with Crippen LogP contribution >= 0.6 is 0 Å². The standard InChI is InChI=1S/C14H23N/c1-6-7-13(15)14-11(4)9(2)8-10(3)12(14)5/h8,13H,6-7,15H2,1-5H3. The summed E-state index contributed by atoms with van der Waals surface area (Å²) in [5.74, 6) is 0. The van der Waals surface area contributed by atoms with Crippen LogP contribution in [0.15, 0.2) is 6.07 Å². The van der Waals surface area contributed by atoms with Crippen molar-refractivity contribution in [1.29, 1.82) is 0 Å². The Labute approximate surface area is 93.7 Å². The predicted octanol–water partition coefficient (Wildman–Crippen LogP) is 3.72. The minimum atomic E-state index is 0.202. The molecule has 0 saturated heterocycles. The van der Waals surface area contributed by atoms with Gasteiger partial charge in [0, 0.05) is 6.04 Å². The van der Waals surface area contributed by atoms with Gasteiger partial charge in [-0.15, -0.1) is 0 Å². The monoisotopic (exact) mass is 205 g/mol. The average Bonchev–Trinajstić information content (AvgIpc) is 2.16. The molecule has 0 aliphatic heterocycles. The Morgan fingerprint density at radius 2 is 1.53 bits per heavy atom. The fourth-order valence-electron chi connectivity index (χ4n) is 2.26. The lowest BCUT2D eigenvalue weighted by molar-refractivity contribution is 0.630. The van der Waals surface area contributed by atoms with Gasteiger partial charge < -0.3 is 5.73 Å². The lowest BCUT2D eigenvalue weighted by Gasteiger charge is -2.20. The van der Waals surface area contributed by atoms with E-state index in [0.717, 1.165) is 12.8 Å². The maximum Gasteiger partial charge on any atom is 0.0300 e. The van der Waals surface area contributed by atoms with Crippen LogP contribution in [0.5, 0.6) is 0 Å². The van der Waals surface area contributed by atoms with E-state index in [9.17, 15) is 0 Å². The van der Waals surface area contributed by atoms with E-state index in [0.29, 0.717) is 0 Å². The summed E-state index contributed by atoms with van der Waals surface area (Å²) in [6.45, 7) is 10.9. The van der Waals surface area contributed by atoms with E-state index in [1.165, 1.54) is 27.8 Å². The van der Waals surface area contributed by atoms with E-state index in [2.05, 4.69) is 40.7 Å².